The molecule has 5 rings (SSSR count). The second-order valence-electron chi connectivity index (χ2n) is 9.71. The Kier molecular flexibility index (Phi) is 5.50. The van der Waals surface area contributed by atoms with Crippen LogP contribution in [0.1, 0.15) is 63.9 Å². The summed E-state index contributed by atoms with van der Waals surface area (Å²) in [5.41, 5.74) is 2.57. The van der Waals surface area contributed by atoms with Gasteiger partial charge in [0.05, 0.1) is 41.4 Å². The van der Waals surface area contributed by atoms with E-state index in [0.29, 0.717) is 50.2 Å². The Morgan fingerprint density at radius 3 is 2.66 bits per heavy atom. The van der Waals surface area contributed by atoms with Gasteiger partial charge in [-0.15, -0.1) is 5.10 Å². The van der Waals surface area contributed by atoms with Crippen molar-refractivity contribution in [1.82, 2.24) is 20.0 Å². The van der Waals surface area contributed by atoms with E-state index in [1.165, 1.54) is 18.3 Å². The molecule has 2 N–H and O–H groups in total. The minimum Gasteiger partial charge on any atom is -0.379 e. The number of aromatic nitrogens is 4. The van der Waals surface area contributed by atoms with E-state index in [2.05, 4.69) is 32.0 Å². The maximum atomic E-state index is 13.7. The third-order valence-electron chi connectivity index (χ3n) is 5.63. The van der Waals surface area contributed by atoms with E-state index in [9.17, 15) is 11.0 Å². The van der Waals surface area contributed by atoms with Crippen molar-refractivity contribution in [1.29, 1.82) is 5.26 Å². The number of rotatable bonds is 6. The quantitative estimate of drug-likeness (QED) is 0.332. The maximum Gasteiger partial charge on any atom is 0.123 e. The molecule has 35 heavy (non-hydrogen) atoms. The predicted octanol–water partition coefficient (Wildman–Crippen LogP) is 6.24. The smallest absolute Gasteiger partial charge is 0.123 e. The van der Waals surface area contributed by atoms with Crippen molar-refractivity contribution in [3.63, 3.8) is 0 Å². The van der Waals surface area contributed by atoms with Crippen molar-refractivity contribution in [2.45, 2.75) is 51.2 Å². The van der Waals surface area contributed by atoms with Crippen molar-refractivity contribution >= 4 is 33.9 Å². The van der Waals surface area contributed by atoms with Crippen molar-refractivity contribution < 1.29 is 5.76 Å². The van der Waals surface area contributed by atoms with Crippen LogP contribution in [0.4, 0.5) is 15.8 Å². The second kappa shape index (κ2) is 8.82. The SMILES string of the molecule is [2H]C(Nc1cc(Cl)c2ncc(C#N)c(NC(C)(C)C)c2c1)(c1ccc(F)cc1)c1cn(C2CC2)nn1. The average molecular weight is 491 g/mol. The van der Waals surface area contributed by atoms with Gasteiger partial charge in [0.25, 0.3) is 0 Å². The van der Waals surface area contributed by atoms with Crippen LogP contribution in [0.3, 0.4) is 0 Å². The summed E-state index contributed by atoms with van der Waals surface area (Å²) in [5, 5.41) is 25.9. The molecule has 1 fully saturated rings. The van der Waals surface area contributed by atoms with Crippen LogP contribution < -0.4 is 10.6 Å². The van der Waals surface area contributed by atoms with Crippen LogP contribution in [0.5, 0.6) is 0 Å². The lowest BCUT2D eigenvalue weighted by molar-refractivity contribution is 0.610. The highest BCUT2D eigenvalue weighted by molar-refractivity contribution is 6.35. The molecule has 7 nitrogen and oxygen atoms in total. The minimum atomic E-state index is -1.59. The van der Waals surface area contributed by atoms with E-state index in [1.54, 1.807) is 35.1 Å². The van der Waals surface area contributed by atoms with Gasteiger partial charge in [0.15, 0.2) is 0 Å². The molecular weight excluding hydrogens is 465 g/mol. The molecule has 1 atom stereocenters. The average Bonchev–Trinajstić information content (AvgIpc) is 3.55. The lowest BCUT2D eigenvalue weighted by atomic mass is 10.0. The number of pyridine rings is 1. The van der Waals surface area contributed by atoms with E-state index in [0.717, 1.165) is 12.8 Å². The molecule has 2 aromatic carbocycles. The molecule has 9 heteroatoms. The summed E-state index contributed by atoms with van der Waals surface area (Å²) < 4.78 is 25.0. The summed E-state index contributed by atoms with van der Waals surface area (Å²) in [4.78, 5) is 4.40. The van der Waals surface area contributed by atoms with Gasteiger partial charge in [0.1, 0.15) is 17.6 Å². The molecule has 0 spiro atoms. The van der Waals surface area contributed by atoms with Gasteiger partial charge in [-0.1, -0.05) is 28.9 Å². The molecule has 1 saturated carbocycles. The zero-order valence-corrected chi connectivity index (χ0v) is 20.4. The fraction of sp³-hybridized carbons (Fsp3) is 0.308. The first-order valence-electron chi connectivity index (χ1n) is 11.8. The number of fused-ring (bicyclic) bond motifs is 1. The van der Waals surface area contributed by atoms with E-state index in [1.807, 2.05) is 20.8 Å². The van der Waals surface area contributed by atoms with Crippen molar-refractivity contribution in [3.8, 4) is 6.07 Å². The first-order valence-corrected chi connectivity index (χ1v) is 11.7. The van der Waals surface area contributed by atoms with Crippen LogP contribution in [0.15, 0.2) is 48.8 Å². The van der Waals surface area contributed by atoms with Gasteiger partial charge >= 0.3 is 0 Å². The van der Waals surface area contributed by atoms with Gasteiger partial charge in [0.2, 0.25) is 0 Å². The molecule has 0 radical (unpaired) electrons. The fourth-order valence-corrected chi connectivity index (χ4v) is 4.15. The lowest BCUT2D eigenvalue weighted by Gasteiger charge is -2.25. The molecule has 0 bridgehead atoms. The third-order valence-corrected chi connectivity index (χ3v) is 5.92. The summed E-state index contributed by atoms with van der Waals surface area (Å²) in [6.07, 6.45) is 5.30. The van der Waals surface area contributed by atoms with Crippen LogP contribution in [0, 0.1) is 17.1 Å². The topological polar surface area (TPSA) is 91.5 Å². The van der Waals surface area contributed by atoms with Gasteiger partial charge in [-0.3, -0.25) is 4.98 Å². The van der Waals surface area contributed by atoms with E-state index in [-0.39, 0.29) is 5.54 Å². The number of benzene rings is 2. The Labute approximate surface area is 209 Å². The van der Waals surface area contributed by atoms with Crippen molar-refractivity contribution in [2.75, 3.05) is 10.6 Å². The maximum absolute atomic E-state index is 13.7. The minimum absolute atomic E-state index is 0.292. The van der Waals surface area contributed by atoms with Crippen molar-refractivity contribution in [2.24, 2.45) is 0 Å². The summed E-state index contributed by atoms with van der Waals surface area (Å²) in [7, 11) is 0. The van der Waals surface area contributed by atoms with Gasteiger partial charge in [-0.05, 0) is 63.4 Å². The number of anilines is 2. The Morgan fingerprint density at radius 2 is 2.00 bits per heavy atom. The zero-order valence-electron chi connectivity index (χ0n) is 20.6. The molecule has 1 aliphatic carbocycles. The summed E-state index contributed by atoms with van der Waals surface area (Å²) in [5.74, 6) is -0.399. The van der Waals surface area contributed by atoms with Gasteiger partial charge < -0.3 is 10.6 Å². The highest BCUT2D eigenvalue weighted by atomic mass is 35.5. The number of nitrogens with one attached hydrogen (secondary N) is 2. The number of halogens is 2. The van der Waals surface area contributed by atoms with E-state index >= 15 is 0 Å². The highest BCUT2D eigenvalue weighted by Crippen LogP contribution is 2.37. The van der Waals surface area contributed by atoms with Crippen LogP contribution >= 0.6 is 11.6 Å². The second-order valence-corrected chi connectivity index (χ2v) is 10.1. The third kappa shape index (κ3) is 4.91. The van der Waals surface area contributed by atoms with Crippen LogP contribution in [-0.4, -0.2) is 25.5 Å². The molecule has 1 unspecified atom stereocenters. The van der Waals surface area contributed by atoms with Gasteiger partial charge in [0, 0.05) is 22.8 Å². The number of hydrogen-bond donors (Lipinski definition) is 2. The molecule has 178 valence electrons. The Bertz CT molecular complexity index is 1490. The van der Waals surface area contributed by atoms with E-state index in [4.69, 9.17) is 11.6 Å². The number of nitrogens with zero attached hydrogens (tertiary/aromatic N) is 5. The molecule has 0 aliphatic heterocycles. The number of nitriles is 1. The van der Waals surface area contributed by atoms with E-state index < -0.39 is 11.8 Å². The highest BCUT2D eigenvalue weighted by Gasteiger charge is 2.27. The largest absolute Gasteiger partial charge is 0.379 e. The van der Waals surface area contributed by atoms with Crippen LogP contribution in [0.2, 0.25) is 5.02 Å². The summed E-state index contributed by atoms with van der Waals surface area (Å²) in [6, 6.07) is 10.1. The zero-order chi connectivity index (χ0) is 25.7. The fourth-order valence-electron chi connectivity index (χ4n) is 3.88. The molecule has 2 heterocycles. The normalized spacial score (nSPS) is 15.8. The first kappa shape index (κ1) is 21.8. The molecule has 2 aromatic heterocycles. The molecule has 0 amide bonds. The number of hydrogen-bond acceptors (Lipinski definition) is 6. The Hall–Kier alpha value is -3.70. The first-order chi connectivity index (χ1) is 17.1. The van der Waals surface area contributed by atoms with Gasteiger partial charge in [-0.2, -0.15) is 5.26 Å². The standard InChI is InChI=1S/C26H25ClFN7/c1-26(2,3)32-23-16(12-29)13-30-25-20(23)10-18(11-21(25)27)31-24(15-4-6-17(28)7-5-15)22-14-35(34-33-22)19-8-9-19/h4-7,10-11,13-14,19,24,31H,8-9H2,1-3H3,(H,30,32)/i24D. The predicted molar refractivity (Wildman–Crippen MR) is 135 cm³/mol. The monoisotopic (exact) mass is 490 g/mol. The summed E-state index contributed by atoms with van der Waals surface area (Å²) >= 11 is 6.64. The summed E-state index contributed by atoms with van der Waals surface area (Å²) in [6.45, 7) is 5.99. The molecule has 4 aromatic rings. The van der Waals surface area contributed by atoms with Crippen molar-refractivity contribution in [3.05, 3.63) is 76.5 Å². The Morgan fingerprint density at radius 1 is 1.26 bits per heavy atom. The van der Waals surface area contributed by atoms with Gasteiger partial charge in [-0.25, -0.2) is 9.07 Å². The molecular formula is C26H25ClFN7. The molecule has 1 aliphatic rings. The molecule has 0 saturated heterocycles. The van der Waals surface area contributed by atoms with Crippen LogP contribution in [0.25, 0.3) is 10.9 Å². The Balaban J connectivity index is 1.65. The van der Waals surface area contributed by atoms with Crippen LogP contribution in [-0.2, 0) is 0 Å². The lowest BCUT2D eigenvalue weighted by Crippen LogP contribution is -2.26.